The van der Waals surface area contributed by atoms with Crippen LogP contribution in [0.1, 0.15) is 5.56 Å². The molecule has 0 amide bonds. The van der Waals surface area contributed by atoms with E-state index in [1.165, 1.54) is 61.9 Å². The Morgan fingerprint density at radius 3 is 1.33 bits per heavy atom. The van der Waals surface area contributed by atoms with Crippen molar-refractivity contribution in [3.05, 3.63) is 248 Å². The number of hydrogen-bond donors (Lipinski definition) is 0. The van der Waals surface area contributed by atoms with Gasteiger partial charge in [0.05, 0.1) is 45.1 Å². The van der Waals surface area contributed by atoms with Gasteiger partial charge in [0.25, 0.3) is 0 Å². The predicted octanol–water partition coefficient (Wildman–Crippen LogP) is 19.0. The van der Waals surface area contributed by atoms with Gasteiger partial charge in [0.2, 0.25) is 0 Å². The summed E-state index contributed by atoms with van der Waals surface area (Å²) in [5.41, 5.74) is 13.9. The van der Waals surface area contributed by atoms with Gasteiger partial charge in [0.15, 0.2) is 17.5 Å². The van der Waals surface area contributed by atoms with Crippen molar-refractivity contribution < 1.29 is 0 Å². The fourth-order valence-corrected chi connectivity index (χ4v) is 14.4. The van der Waals surface area contributed by atoms with Crippen molar-refractivity contribution in [3.8, 4) is 73.9 Å². The Morgan fingerprint density at radius 1 is 0.321 bits per heavy atom. The second-order valence-electron chi connectivity index (χ2n) is 19.8. The Kier molecular flexibility index (Phi) is 9.94. The summed E-state index contributed by atoms with van der Waals surface area (Å²) in [4.78, 5) is 15.7. The Bertz CT molecular complexity index is 5100. The normalized spacial score (nSPS) is 11.8. The fraction of sp³-hybridized carbons (Fsp3) is 0. The maximum absolute atomic E-state index is 9.86. The van der Waals surface area contributed by atoms with Crippen LogP contribution >= 0.6 is 22.7 Å². The Hall–Kier alpha value is -10.0. The van der Waals surface area contributed by atoms with Crippen molar-refractivity contribution in [2.75, 3.05) is 0 Å². The Labute approximate surface area is 455 Å². The molecule has 5 aromatic heterocycles. The van der Waals surface area contributed by atoms with Crippen LogP contribution in [0.15, 0.2) is 243 Å². The van der Waals surface area contributed by atoms with E-state index in [1.807, 2.05) is 71.2 Å². The molecule has 0 unspecified atom stereocenters. The monoisotopic (exact) mass is 1030 g/mol. The number of nitriles is 1. The molecule has 0 radical (unpaired) electrons. The van der Waals surface area contributed by atoms with Gasteiger partial charge in [-0.15, -0.1) is 22.7 Å². The molecule has 0 spiro atoms. The van der Waals surface area contributed by atoms with Gasteiger partial charge in [0.1, 0.15) is 0 Å². The lowest BCUT2D eigenvalue weighted by Gasteiger charge is -2.21. The molecule has 0 aliphatic carbocycles. The molecule has 0 atom stereocenters. The summed E-state index contributed by atoms with van der Waals surface area (Å²) in [5, 5.41) is 19.8. The molecule has 0 fully saturated rings. The van der Waals surface area contributed by atoms with E-state index in [1.54, 1.807) is 0 Å². The van der Waals surface area contributed by atoms with E-state index < -0.39 is 0 Å². The summed E-state index contributed by atoms with van der Waals surface area (Å²) in [5.74, 6) is 1.78. The Morgan fingerprint density at radius 2 is 0.782 bits per heavy atom. The van der Waals surface area contributed by atoms with Crippen LogP contribution in [-0.2, 0) is 0 Å². The lowest BCUT2D eigenvalue weighted by Crippen LogP contribution is -2.04. The summed E-state index contributed by atoms with van der Waals surface area (Å²) in [6.45, 7) is 0. The van der Waals surface area contributed by atoms with Crippen LogP contribution < -0.4 is 0 Å². The van der Waals surface area contributed by atoms with Crippen molar-refractivity contribution >= 4 is 107 Å². The van der Waals surface area contributed by atoms with Gasteiger partial charge >= 0.3 is 0 Å². The number of thiophene rings is 2. The molecule has 5 heterocycles. The molecule has 362 valence electrons. The molecule has 0 bridgehead atoms. The summed E-state index contributed by atoms with van der Waals surface area (Å²) in [6.07, 6.45) is 0. The van der Waals surface area contributed by atoms with Gasteiger partial charge in [-0.1, -0.05) is 170 Å². The van der Waals surface area contributed by atoms with Crippen molar-refractivity contribution in [2.45, 2.75) is 0 Å². The third-order valence-corrected chi connectivity index (χ3v) is 17.8. The van der Waals surface area contributed by atoms with Crippen LogP contribution in [0.5, 0.6) is 0 Å². The van der Waals surface area contributed by atoms with Crippen LogP contribution in [0.25, 0.3) is 152 Å². The third kappa shape index (κ3) is 6.82. The summed E-state index contributed by atoms with van der Waals surface area (Å²) in [7, 11) is 0. The minimum Gasteiger partial charge on any atom is -0.309 e. The van der Waals surface area contributed by atoms with Crippen LogP contribution in [0.4, 0.5) is 0 Å². The van der Waals surface area contributed by atoms with Gasteiger partial charge in [-0.05, 0) is 83.9 Å². The first kappa shape index (κ1) is 44.3. The molecule has 78 heavy (non-hydrogen) atoms. The maximum Gasteiger partial charge on any atom is 0.164 e. The van der Waals surface area contributed by atoms with E-state index in [0.29, 0.717) is 23.0 Å². The first-order valence-electron chi connectivity index (χ1n) is 26.0. The van der Waals surface area contributed by atoms with Crippen LogP contribution in [-0.4, -0.2) is 24.1 Å². The quantitative estimate of drug-likeness (QED) is 0.159. The molecule has 6 nitrogen and oxygen atoms in total. The highest BCUT2D eigenvalue weighted by molar-refractivity contribution is 7.27. The van der Waals surface area contributed by atoms with Crippen molar-refractivity contribution in [3.63, 3.8) is 0 Å². The van der Waals surface area contributed by atoms with Gasteiger partial charge in [0, 0.05) is 89.7 Å². The topological polar surface area (TPSA) is 72.3 Å². The minimum atomic E-state index is 0.574. The number of aromatic nitrogens is 5. The number of para-hydroxylation sites is 2. The summed E-state index contributed by atoms with van der Waals surface area (Å²) in [6, 6.07) is 88.6. The molecule has 0 aliphatic heterocycles. The van der Waals surface area contributed by atoms with Gasteiger partial charge in [-0.2, -0.15) is 5.26 Å². The van der Waals surface area contributed by atoms with E-state index in [4.69, 9.17) is 15.0 Å². The van der Waals surface area contributed by atoms with Gasteiger partial charge in [-0.3, -0.25) is 0 Å². The standard InChI is InChI=1S/C70H40N6S2/c71-41-42-27-29-43(30-28-42)46-31-33-48(61(40-46)76-57-24-12-8-22-54(57)65-60(76)38-35-52-50-20-10-14-26-63(50)78-67(52)65)55-39-47(70-73-68(44-15-3-1-4-16-44)72-69(74-70)45-17-5-2-6-18-45)32-36-58(55)75-56-23-11-7-21-53(56)64-59(75)37-34-51-49-19-9-13-25-62(49)77-66(51)64/h1-40H. The maximum atomic E-state index is 9.86. The van der Waals surface area contributed by atoms with Crippen LogP contribution in [0.3, 0.4) is 0 Å². The SMILES string of the molecule is N#Cc1ccc(-c2ccc(-c3cc(-c4nc(-c5ccccc5)nc(-c5ccccc5)n4)ccc3-n3c4ccccc4c4c5sc6ccccc6c5ccc43)c(-n3c4ccccc4c4c5sc6ccccc6c5ccc43)c2)cc1. The Balaban J connectivity index is 1.03. The molecule has 0 aliphatic rings. The molecule has 0 saturated carbocycles. The van der Waals surface area contributed by atoms with E-state index in [-0.39, 0.29) is 0 Å². The van der Waals surface area contributed by atoms with Gasteiger partial charge in [-0.25, -0.2) is 15.0 Å². The average Bonchev–Trinajstić information content (AvgIpc) is 4.35. The largest absolute Gasteiger partial charge is 0.309 e. The first-order valence-corrected chi connectivity index (χ1v) is 27.6. The molecule has 16 rings (SSSR count). The zero-order valence-electron chi connectivity index (χ0n) is 41.6. The highest BCUT2D eigenvalue weighted by Gasteiger charge is 2.25. The number of benzene rings is 11. The van der Waals surface area contributed by atoms with Crippen LogP contribution in [0.2, 0.25) is 0 Å². The van der Waals surface area contributed by atoms with E-state index in [0.717, 1.165) is 72.4 Å². The number of hydrogen-bond acceptors (Lipinski definition) is 6. The van der Waals surface area contributed by atoms with E-state index in [9.17, 15) is 5.26 Å². The number of nitrogens with zero attached hydrogens (tertiary/aromatic N) is 6. The predicted molar refractivity (Wildman–Crippen MR) is 326 cm³/mol. The second-order valence-corrected chi connectivity index (χ2v) is 21.9. The van der Waals surface area contributed by atoms with Crippen molar-refractivity contribution in [2.24, 2.45) is 0 Å². The van der Waals surface area contributed by atoms with E-state index >= 15 is 0 Å². The molecular weight excluding hydrogens is 989 g/mol. The third-order valence-electron chi connectivity index (χ3n) is 15.4. The van der Waals surface area contributed by atoms with Crippen molar-refractivity contribution in [1.82, 2.24) is 24.1 Å². The van der Waals surface area contributed by atoms with Gasteiger partial charge < -0.3 is 9.13 Å². The number of fused-ring (bicyclic) bond motifs is 14. The molecule has 8 heteroatoms. The minimum absolute atomic E-state index is 0.574. The molecule has 16 aromatic rings. The van der Waals surface area contributed by atoms with Crippen LogP contribution in [0, 0.1) is 11.3 Å². The smallest absolute Gasteiger partial charge is 0.164 e. The number of rotatable bonds is 7. The molecule has 11 aromatic carbocycles. The van der Waals surface area contributed by atoms with Crippen molar-refractivity contribution in [1.29, 1.82) is 5.26 Å². The lowest BCUT2D eigenvalue weighted by atomic mass is 9.94. The lowest BCUT2D eigenvalue weighted by molar-refractivity contribution is 1.07. The molecule has 0 saturated heterocycles. The summed E-state index contributed by atoms with van der Waals surface area (Å²) >= 11 is 3.72. The highest BCUT2D eigenvalue weighted by atomic mass is 32.1. The fourth-order valence-electron chi connectivity index (χ4n) is 11.9. The molecular formula is C70H40N6S2. The zero-order valence-corrected chi connectivity index (χ0v) is 43.2. The summed E-state index contributed by atoms with van der Waals surface area (Å²) < 4.78 is 10.0. The zero-order chi connectivity index (χ0) is 51.4. The van der Waals surface area contributed by atoms with E-state index in [2.05, 4.69) is 209 Å². The second kappa shape index (κ2) is 17.5. The average molecular weight is 1030 g/mol. The highest BCUT2D eigenvalue weighted by Crippen LogP contribution is 2.48. The molecule has 0 N–H and O–H groups in total. The first-order chi connectivity index (χ1) is 38.6.